The van der Waals surface area contributed by atoms with Crippen molar-refractivity contribution >= 4 is 19.7 Å². The first-order valence-corrected chi connectivity index (χ1v) is 8.68. The van der Waals surface area contributed by atoms with Crippen LogP contribution >= 0.6 is 10.7 Å². The van der Waals surface area contributed by atoms with Gasteiger partial charge in [-0.1, -0.05) is 0 Å². The van der Waals surface area contributed by atoms with Crippen molar-refractivity contribution in [3.63, 3.8) is 0 Å². The van der Waals surface area contributed by atoms with Crippen molar-refractivity contribution in [2.45, 2.75) is 24.7 Å². The number of aryl methyl sites for hydroxylation is 1. The fraction of sp³-hybridized carbons (Fsp3) is 0.538. The lowest BCUT2D eigenvalue weighted by Crippen LogP contribution is -2.25. The molecule has 0 aromatic heterocycles. The molecule has 1 aliphatic heterocycles. The fourth-order valence-corrected chi connectivity index (χ4v) is 3.48. The summed E-state index contributed by atoms with van der Waals surface area (Å²) in [5, 5.41) is 0. The summed E-state index contributed by atoms with van der Waals surface area (Å²) >= 11 is 0. The van der Waals surface area contributed by atoms with Crippen LogP contribution in [0, 0.1) is 6.92 Å². The summed E-state index contributed by atoms with van der Waals surface area (Å²) in [7, 11) is 1.66. The van der Waals surface area contributed by atoms with Gasteiger partial charge in [0.05, 0.1) is 4.90 Å². The lowest BCUT2D eigenvalue weighted by atomic mass is 10.2. The van der Waals surface area contributed by atoms with Gasteiger partial charge in [-0.3, -0.25) is 4.90 Å². The van der Waals surface area contributed by atoms with Crippen LogP contribution in [0.25, 0.3) is 0 Å². The number of rotatable bonds is 5. The Bertz CT molecular complexity index is 539. The maximum absolute atomic E-state index is 11.3. The summed E-state index contributed by atoms with van der Waals surface area (Å²) < 4.78 is 28.2. The molecule has 19 heavy (non-hydrogen) atoms. The van der Waals surface area contributed by atoms with Crippen LogP contribution in [0.2, 0.25) is 0 Å². The van der Waals surface area contributed by atoms with Gasteiger partial charge in [0.2, 0.25) is 0 Å². The smallest absolute Gasteiger partial charge is 0.261 e. The van der Waals surface area contributed by atoms with E-state index in [4.69, 9.17) is 15.4 Å². The second-order valence-electron chi connectivity index (χ2n) is 4.76. The molecule has 1 aromatic rings. The number of hydrogen-bond donors (Lipinski definition) is 0. The fourth-order valence-electron chi connectivity index (χ4n) is 2.28. The first-order valence-electron chi connectivity index (χ1n) is 6.37. The Balaban J connectivity index is 1.92. The highest BCUT2D eigenvalue weighted by atomic mass is 35.7. The minimum Gasteiger partial charge on any atom is -0.492 e. The van der Waals surface area contributed by atoms with Crippen molar-refractivity contribution in [2.75, 3.05) is 26.2 Å². The predicted molar refractivity (Wildman–Crippen MR) is 75.4 cm³/mol. The molecule has 1 aromatic carbocycles. The third-order valence-corrected chi connectivity index (χ3v) is 4.77. The maximum Gasteiger partial charge on any atom is 0.261 e. The summed E-state index contributed by atoms with van der Waals surface area (Å²) in [4.78, 5) is 2.51. The first kappa shape index (κ1) is 14.6. The molecule has 2 rings (SSSR count). The zero-order valence-electron chi connectivity index (χ0n) is 10.9. The Kier molecular flexibility index (Phi) is 4.71. The van der Waals surface area contributed by atoms with Crippen LogP contribution in [0.3, 0.4) is 0 Å². The van der Waals surface area contributed by atoms with Crippen molar-refractivity contribution in [1.29, 1.82) is 0 Å². The molecule has 0 bridgehead atoms. The van der Waals surface area contributed by atoms with Gasteiger partial charge in [0, 0.05) is 17.2 Å². The van der Waals surface area contributed by atoms with E-state index in [9.17, 15) is 8.42 Å². The second-order valence-corrected chi connectivity index (χ2v) is 7.30. The van der Waals surface area contributed by atoms with Gasteiger partial charge >= 0.3 is 0 Å². The monoisotopic (exact) mass is 303 g/mol. The van der Waals surface area contributed by atoms with Crippen LogP contribution in [0.5, 0.6) is 5.75 Å². The minimum atomic E-state index is -3.68. The van der Waals surface area contributed by atoms with Crippen LogP contribution < -0.4 is 4.74 Å². The highest BCUT2D eigenvalue weighted by Gasteiger charge is 2.14. The lowest BCUT2D eigenvalue weighted by molar-refractivity contribution is 0.237. The number of halogens is 1. The largest absolute Gasteiger partial charge is 0.492 e. The molecular weight excluding hydrogens is 286 g/mol. The van der Waals surface area contributed by atoms with Gasteiger partial charge in [0.15, 0.2) is 0 Å². The quantitative estimate of drug-likeness (QED) is 0.784. The van der Waals surface area contributed by atoms with Crippen LogP contribution in [0.4, 0.5) is 0 Å². The molecule has 1 heterocycles. The zero-order chi connectivity index (χ0) is 13.9. The molecule has 1 saturated heterocycles. The number of benzene rings is 1. The van der Waals surface area contributed by atoms with E-state index < -0.39 is 9.05 Å². The third kappa shape index (κ3) is 4.09. The molecule has 0 aliphatic carbocycles. The lowest BCUT2D eigenvalue weighted by Gasteiger charge is -2.15. The molecule has 0 unspecified atom stereocenters. The Morgan fingerprint density at radius 2 is 2.00 bits per heavy atom. The summed E-state index contributed by atoms with van der Waals surface area (Å²) in [6.07, 6.45) is 2.53. The molecule has 106 valence electrons. The second kappa shape index (κ2) is 6.11. The molecule has 4 nitrogen and oxygen atoms in total. The molecule has 0 atom stereocenters. The van der Waals surface area contributed by atoms with Crippen LogP contribution in [-0.4, -0.2) is 39.6 Å². The summed E-state index contributed by atoms with van der Waals surface area (Å²) in [5.74, 6) is 0.681. The van der Waals surface area contributed by atoms with E-state index in [0.717, 1.165) is 19.6 Å². The van der Waals surface area contributed by atoms with Gasteiger partial charge < -0.3 is 4.74 Å². The molecule has 6 heteroatoms. The molecule has 1 fully saturated rings. The zero-order valence-corrected chi connectivity index (χ0v) is 12.5. The van der Waals surface area contributed by atoms with Gasteiger partial charge in [0.25, 0.3) is 9.05 Å². The number of likely N-dealkylation sites (tertiary alicyclic amines) is 1. The molecule has 0 amide bonds. The predicted octanol–water partition coefficient (Wildman–Crippen LogP) is 2.40. The Labute approximate surface area is 118 Å². The topological polar surface area (TPSA) is 46.6 Å². The Morgan fingerprint density at radius 1 is 1.32 bits per heavy atom. The van der Waals surface area contributed by atoms with Crippen molar-refractivity contribution in [3.05, 3.63) is 23.8 Å². The van der Waals surface area contributed by atoms with Crippen LogP contribution in [0.15, 0.2) is 23.1 Å². The number of nitrogens with zero attached hydrogens (tertiary/aromatic N) is 1. The summed E-state index contributed by atoms with van der Waals surface area (Å²) in [5.41, 5.74) is 0.605. The third-order valence-electron chi connectivity index (χ3n) is 3.28. The minimum absolute atomic E-state index is 0.140. The van der Waals surface area contributed by atoms with Gasteiger partial charge in [0.1, 0.15) is 12.4 Å². The van der Waals surface area contributed by atoms with Gasteiger partial charge in [-0.25, -0.2) is 8.42 Å². The van der Waals surface area contributed by atoms with Crippen LogP contribution in [-0.2, 0) is 9.05 Å². The van der Waals surface area contributed by atoms with E-state index in [1.807, 2.05) is 0 Å². The van der Waals surface area contributed by atoms with E-state index in [0.29, 0.717) is 17.9 Å². The summed E-state index contributed by atoms with van der Waals surface area (Å²) in [6.45, 7) is 5.53. The first-order chi connectivity index (χ1) is 8.97. The standard InChI is InChI=1S/C13H18ClNO3S/c1-11-10-12(4-5-13(11)19(14,16)17)18-9-8-15-6-2-3-7-15/h4-5,10H,2-3,6-9H2,1H3. The molecule has 1 aliphatic rings. The van der Waals surface area contributed by atoms with E-state index in [1.165, 1.54) is 18.9 Å². The van der Waals surface area contributed by atoms with E-state index in [1.54, 1.807) is 19.1 Å². The van der Waals surface area contributed by atoms with Crippen molar-refractivity contribution < 1.29 is 13.2 Å². The highest BCUT2D eigenvalue weighted by molar-refractivity contribution is 8.13. The van der Waals surface area contributed by atoms with Crippen molar-refractivity contribution in [2.24, 2.45) is 0 Å². The average molecular weight is 304 g/mol. The van der Waals surface area contributed by atoms with Crippen LogP contribution in [0.1, 0.15) is 18.4 Å². The maximum atomic E-state index is 11.3. The van der Waals surface area contributed by atoms with Crippen molar-refractivity contribution in [3.8, 4) is 5.75 Å². The number of hydrogen-bond acceptors (Lipinski definition) is 4. The molecule has 0 N–H and O–H groups in total. The van der Waals surface area contributed by atoms with Crippen molar-refractivity contribution in [1.82, 2.24) is 4.90 Å². The highest BCUT2D eigenvalue weighted by Crippen LogP contribution is 2.23. The Morgan fingerprint density at radius 3 is 2.58 bits per heavy atom. The molecule has 0 radical (unpaired) electrons. The van der Waals surface area contributed by atoms with E-state index in [-0.39, 0.29) is 4.90 Å². The summed E-state index contributed by atoms with van der Waals surface area (Å²) in [6, 6.07) is 4.84. The Hall–Kier alpha value is -0.780. The van der Waals surface area contributed by atoms with Gasteiger partial charge in [-0.15, -0.1) is 0 Å². The van der Waals surface area contributed by atoms with Gasteiger partial charge in [-0.2, -0.15) is 0 Å². The molecular formula is C13H18ClNO3S. The average Bonchev–Trinajstić information content (AvgIpc) is 2.80. The number of ether oxygens (including phenoxy) is 1. The van der Waals surface area contributed by atoms with E-state index in [2.05, 4.69) is 4.90 Å². The van der Waals surface area contributed by atoms with E-state index >= 15 is 0 Å². The normalized spacial score (nSPS) is 16.7. The van der Waals surface area contributed by atoms with Gasteiger partial charge in [-0.05, 0) is 56.6 Å². The molecule has 0 saturated carbocycles. The molecule has 0 spiro atoms. The SMILES string of the molecule is Cc1cc(OCCN2CCCC2)ccc1S(=O)(=O)Cl.